The molecule has 0 heterocycles. The molecular weight excluding hydrogens is 135 g/mol. The van der Waals surface area contributed by atoms with Gasteiger partial charge in [-0.25, -0.2) is 0 Å². The van der Waals surface area contributed by atoms with Gasteiger partial charge in [0.2, 0.25) is 0 Å². The summed E-state index contributed by atoms with van der Waals surface area (Å²) in [6.45, 7) is 0.833. The van der Waals surface area contributed by atoms with Crippen molar-refractivity contribution in [1.29, 1.82) is 0 Å². The Morgan fingerprint density at radius 2 is 1.44 bits per heavy atom. The molecule has 0 saturated carbocycles. The summed E-state index contributed by atoms with van der Waals surface area (Å²) in [6, 6.07) is 0. The molecular formula is C4H10NaO4. The van der Waals surface area contributed by atoms with Gasteiger partial charge in [0, 0.05) is 36.5 Å². The van der Waals surface area contributed by atoms with Gasteiger partial charge in [-0.15, -0.1) is 0 Å². The topological polar surface area (TPSA) is 77.8 Å². The van der Waals surface area contributed by atoms with Crippen molar-refractivity contribution in [3.63, 3.8) is 0 Å². The van der Waals surface area contributed by atoms with Gasteiger partial charge in [-0.05, 0) is 0 Å². The number of carboxylic acid groups (broad SMARTS) is 1. The van der Waals surface area contributed by atoms with Crippen LogP contribution in [0.2, 0.25) is 0 Å². The normalized spacial score (nSPS) is 6.11. The summed E-state index contributed by atoms with van der Waals surface area (Å²) in [4.78, 5) is 9.00. The summed E-state index contributed by atoms with van der Waals surface area (Å²) >= 11 is 0. The molecule has 5 heteroatoms. The third-order valence-electron chi connectivity index (χ3n) is 0.1000. The van der Waals surface area contributed by atoms with Crippen LogP contribution in [-0.4, -0.2) is 64.1 Å². The molecule has 0 aromatic carbocycles. The van der Waals surface area contributed by atoms with Crippen LogP contribution in [0.3, 0.4) is 0 Å². The number of aliphatic carboxylic acids is 1. The van der Waals surface area contributed by atoms with E-state index in [0.717, 1.165) is 6.92 Å². The maximum atomic E-state index is 9.00. The largest absolute Gasteiger partial charge is 0.481 e. The summed E-state index contributed by atoms with van der Waals surface area (Å²) in [5.41, 5.74) is 0. The summed E-state index contributed by atoms with van der Waals surface area (Å²) in [5, 5.41) is 22.7. The number of carbonyl (C=O) groups is 1. The van der Waals surface area contributed by atoms with Crippen LogP contribution in [0.1, 0.15) is 6.92 Å². The van der Waals surface area contributed by atoms with Crippen LogP contribution in [0.5, 0.6) is 0 Å². The fraction of sp³-hybridized carbons (Fsp3) is 0.750. The Morgan fingerprint density at radius 3 is 1.44 bits per heavy atom. The molecule has 0 aliphatic heterocycles. The molecule has 0 fully saturated rings. The molecule has 0 bridgehead atoms. The van der Waals surface area contributed by atoms with E-state index in [2.05, 4.69) is 0 Å². The quantitative estimate of drug-likeness (QED) is 0.400. The molecule has 0 aliphatic carbocycles. The van der Waals surface area contributed by atoms with Crippen molar-refractivity contribution in [2.75, 3.05) is 13.2 Å². The Morgan fingerprint density at radius 1 is 1.33 bits per heavy atom. The van der Waals surface area contributed by atoms with E-state index in [9.17, 15) is 0 Å². The van der Waals surface area contributed by atoms with E-state index in [1.165, 1.54) is 0 Å². The summed E-state index contributed by atoms with van der Waals surface area (Å²) < 4.78 is 0. The summed E-state index contributed by atoms with van der Waals surface area (Å²) in [7, 11) is 0. The van der Waals surface area contributed by atoms with Gasteiger partial charge in [0.05, 0.1) is 13.2 Å². The fourth-order valence-electron chi connectivity index (χ4n) is 0. The third kappa shape index (κ3) is 177. The van der Waals surface area contributed by atoms with Crippen LogP contribution >= 0.6 is 0 Å². The second-order valence-corrected chi connectivity index (χ2v) is 0.966. The summed E-state index contributed by atoms with van der Waals surface area (Å²) in [5.74, 6) is -0.833. The molecule has 0 saturated heterocycles. The number of aliphatic hydroxyl groups excluding tert-OH is 2. The number of carboxylic acids is 1. The van der Waals surface area contributed by atoms with Gasteiger partial charge >= 0.3 is 0 Å². The Bertz CT molecular complexity index is 50.5. The van der Waals surface area contributed by atoms with E-state index in [1.807, 2.05) is 0 Å². The predicted octanol–water partition coefficient (Wildman–Crippen LogP) is -1.32. The summed E-state index contributed by atoms with van der Waals surface area (Å²) in [6.07, 6.45) is 0. The van der Waals surface area contributed by atoms with Crippen molar-refractivity contribution in [2.45, 2.75) is 6.92 Å². The molecule has 0 amide bonds. The molecule has 0 spiro atoms. The van der Waals surface area contributed by atoms with Gasteiger partial charge in [-0.2, -0.15) is 0 Å². The van der Waals surface area contributed by atoms with Gasteiger partial charge in [-0.3, -0.25) is 4.79 Å². The zero-order chi connectivity index (χ0) is 6.99. The van der Waals surface area contributed by atoms with Crippen molar-refractivity contribution < 1.29 is 20.1 Å². The zero-order valence-corrected chi connectivity index (χ0v) is 7.66. The molecule has 0 aliphatic rings. The molecule has 3 N–H and O–H groups in total. The molecule has 9 heavy (non-hydrogen) atoms. The van der Waals surface area contributed by atoms with Crippen molar-refractivity contribution in [3.05, 3.63) is 0 Å². The van der Waals surface area contributed by atoms with Gasteiger partial charge in [0.25, 0.3) is 5.97 Å². The SMILES string of the molecule is CC(=O)O.OCCO.[Na]. The Labute approximate surface area is 75.8 Å². The van der Waals surface area contributed by atoms with Gasteiger partial charge < -0.3 is 15.3 Å². The zero-order valence-electron chi connectivity index (χ0n) is 5.66. The molecule has 1 radical (unpaired) electrons. The molecule has 0 rings (SSSR count). The Kier molecular flexibility index (Phi) is 28.4. The second kappa shape index (κ2) is 15.8. The first kappa shape index (κ1) is 16.2. The standard InChI is InChI=1S/C2H4O2.C2H6O2.Na/c1-2(3)4;3-1-2-4;/h1H3,(H,3,4);3-4H,1-2H2;. The molecule has 0 aromatic rings. The van der Waals surface area contributed by atoms with Crippen molar-refractivity contribution in [3.8, 4) is 0 Å². The van der Waals surface area contributed by atoms with Crippen LogP contribution < -0.4 is 0 Å². The minimum atomic E-state index is -0.833. The van der Waals surface area contributed by atoms with E-state index in [-0.39, 0.29) is 42.8 Å². The van der Waals surface area contributed by atoms with Crippen LogP contribution in [0.15, 0.2) is 0 Å². The minimum absolute atomic E-state index is 0. The Balaban J connectivity index is -0.0000000720. The van der Waals surface area contributed by atoms with Crippen molar-refractivity contribution in [2.24, 2.45) is 0 Å². The van der Waals surface area contributed by atoms with E-state index in [1.54, 1.807) is 0 Å². The Hall–Kier alpha value is 0.390. The molecule has 0 unspecified atom stereocenters. The fourth-order valence-corrected chi connectivity index (χ4v) is 0. The third-order valence-corrected chi connectivity index (χ3v) is 0.1000. The molecule has 0 aromatic heterocycles. The number of rotatable bonds is 1. The molecule has 0 atom stereocenters. The number of hydrogen-bond donors (Lipinski definition) is 3. The average Bonchev–Trinajstić information content (AvgIpc) is 1.65. The van der Waals surface area contributed by atoms with Crippen LogP contribution in [0, 0.1) is 0 Å². The maximum absolute atomic E-state index is 9.00. The minimum Gasteiger partial charge on any atom is -0.481 e. The van der Waals surface area contributed by atoms with E-state index < -0.39 is 5.97 Å². The second-order valence-electron chi connectivity index (χ2n) is 0.966. The molecule has 51 valence electrons. The van der Waals surface area contributed by atoms with Crippen LogP contribution in [0.4, 0.5) is 0 Å². The van der Waals surface area contributed by atoms with Gasteiger partial charge in [0.1, 0.15) is 0 Å². The first-order valence-corrected chi connectivity index (χ1v) is 2.06. The number of hydrogen-bond acceptors (Lipinski definition) is 3. The maximum Gasteiger partial charge on any atom is 0.300 e. The average molecular weight is 145 g/mol. The molecule has 4 nitrogen and oxygen atoms in total. The monoisotopic (exact) mass is 145 g/mol. The first-order chi connectivity index (χ1) is 3.65. The first-order valence-electron chi connectivity index (χ1n) is 2.06. The predicted molar refractivity (Wildman–Crippen MR) is 33.2 cm³/mol. The smallest absolute Gasteiger partial charge is 0.300 e. The van der Waals surface area contributed by atoms with Crippen molar-refractivity contribution >= 4 is 35.5 Å². The van der Waals surface area contributed by atoms with Gasteiger partial charge in [0.15, 0.2) is 0 Å². The van der Waals surface area contributed by atoms with E-state index in [0.29, 0.717) is 0 Å². The van der Waals surface area contributed by atoms with Gasteiger partial charge in [-0.1, -0.05) is 0 Å². The number of aliphatic hydroxyl groups is 2. The van der Waals surface area contributed by atoms with Crippen LogP contribution in [-0.2, 0) is 4.79 Å². The van der Waals surface area contributed by atoms with Crippen LogP contribution in [0.25, 0.3) is 0 Å². The van der Waals surface area contributed by atoms with E-state index in [4.69, 9.17) is 20.1 Å². The van der Waals surface area contributed by atoms with Crippen molar-refractivity contribution in [1.82, 2.24) is 0 Å². The van der Waals surface area contributed by atoms with E-state index >= 15 is 0 Å².